The van der Waals surface area contributed by atoms with E-state index in [4.69, 9.17) is 5.73 Å². The third-order valence-electron chi connectivity index (χ3n) is 4.09. The van der Waals surface area contributed by atoms with Crippen LogP contribution in [-0.2, 0) is 0 Å². The zero-order valence-corrected chi connectivity index (χ0v) is 12.9. The minimum Gasteiger partial charge on any atom is -0.383 e. The van der Waals surface area contributed by atoms with Gasteiger partial charge in [0.25, 0.3) is 0 Å². The van der Waals surface area contributed by atoms with E-state index in [-0.39, 0.29) is 5.82 Å². The number of benzene rings is 1. The molecule has 2 N–H and O–H groups in total. The number of aromatic nitrogens is 1. The van der Waals surface area contributed by atoms with Crippen molar-refractivity contribution in [3.63, 3.8) is 0 Å². The van der Waals surface area contributed by atoms with Crippen molar-refractivity contribution in [2.45, 2.75) is 13.8 Å². The summed E-state index contributed by atoms with van der Waals surface area (Å²) in [6.45, 7) is 3.75. The van der Waals surface area contributed by atoms with Crippen molar-refractivity contribution in [1.29, 1.82) is 10.5 Å². The molecule has 0 radical (unpaired) electrons. The first-order valence-corrected chi connectivity index (χ1v) is 7.17. The first-order valence-electron chi connectivity index (χ1n) is 7.17. The Bertz CT molecular complexity index is 952. The highest BCUT2D eigenvalue weighted by molar-refractivity contribution is 6.08. The van der Waals surface area contributed by atoms with Gasteiger partial charge in [-0.2, -0.15) is 10.5 Å². The summed E-state index contributed by atoms with van der Waals surface area (Å²) in [6.07, 6.45) is 2.02. The molecule has 3 rings (SSSR count). The molecule has 0 bridgehead atoms. The summed E-state index contributed by atoms with van der Waals surface area (Å²) in [6, 6.07) is 14.2. The number of nitrogen functional groups attached to an aromatic ring is 1. The molecule has 0 saturated carbocycles. The Morgan fingerprint density at radius 1 is 1.09 bits per heavy atom. The summed E-state index contributed by atoms with van der Waals surface area (Å²) in [5.74, 6) is 0.172. The van der Waals surface area contributed by atoms with E-state index in [2.05, 4.69) is 17.1 Å². The summed E-state index contributed by atoms with van der Waals surface area (Å²) >= 11 is 0. The summed E-state index contributed by atoms with van der Waals surface area (Å²) in [7, 11) is 0. The maximum absolute atomic E-state index is 9.49. The van der Waals surface area contributed by atoms with Gasteiger partial charge in [-0.1, -0.05) is 30.3 Å². The van der Waals surface area contributed by atoms with E-state index in [1.807, 2.05) is 50.3 Å². The zero-order chi connectivity index (χ0) is 16.6. The molecule has 0 atom stereocenters. The Morgan fingerprint density at radius 3 is 2.39 bits per heavy atom. The number of nitrogens with zero attached hydrogens (tertiary/aromatic N) is 3. The van der Waals surface area contributed by atoms with Crippen molar-refractivity contribution in [3.8, 4) is 12.1 Å². The van der Waals surface area contributed by atoms with Gasteiger partial charge in [0.2, 0.25) is 0 Å². The van der Waals surface area contributed by atoms with Gasteiger partial charge in [-0.05, 0) is 42.2 Å². The van der Waals surface area contributed by atoms with E-state index in [9.17, 15) is 10.5 Å². The van der Waals surface area contributed by atoms with Crippen LogP contribution in [0, 0.1) is 29.6 Å². The van der Waals surface area contributed by atoms with E-state index < -0.39 is 0 Å². The fourth-order valence-electron chi connectivity index (χ4n) is 2.91. The SMILES string of the molecule is CC1=C(C#N)c2nc(N)c(C#N)c(C)c2/C1=C\c1ccccc1. The van der Waals surface area contributed by atoms with Gasteiger partial charge >= 0.3 is 0 Å². The molecule has 4 heteroatoms. The molecule has 0 fully saturated rings. The number of nitrogens with two attached hydrogens (primary N) is 1. The molecule has 0 amide bonds. The van der Waals surface area contributed by atoms with Crippen molar-refractivity contribution in [2.24, 2.45) is 0 Å². The molecule has 1 aliphatic rings. The maximum Gasteiger partial charge on any atom is 0.142 e. The molecule has 0 unspecified atom stereocenters. The molecule has 1 aromatic carbocycles. The Balaban J connectivity index is 2.35. The third kappa shape index (κ3) is 2.18. The van der Waals surface area contributed by atoms with Crippen LogP contribution in [0.25, 0.3) is 17.2 Å². The lowest BCUT2D eigenvalue weighted by atomic mass is 9.95. The fourth-order valence-corrected chi connectivity index (χ4v) is 2.91. The fraction of sp³-hybridized carbons (Fsp3) is 0.105. The monoisotopic (exact) mass is 298 g/mol. The number of fused-ring (bicyclic) bond motifs is 1. The van der Waals surface area contributed by atoms with E-state index in [1.54, 1.807) is 0 Å². The predicted octanol–water partition coefficient (Wildman–Crippen LogP) is 3.70. The zero-order valence-electron chi connectivity index (χ0n) is 12.9. The molecule has 1 aliphatic carbocycles. The highest BCUT2D eigenvalue weighted by atomic mass is 14.9. The number of hydrogen-bond acceptors (Lipinski definition) is 4. The molecule has 0 spiro atoms. The van der Waals surface area contributed by atoms with Gasteiger partial charge in [0, 0.05) is 5.56 Å². The number of allylic oxidation sites excluding steroid dienone is 3. The Hall–Kier alpha value is -3.37. The predicted molar refractivity (Wildman–Crippen MR) is 90.6 cm³/mol. The summed E-state index contributed by atoms with van der Waals surface area (Å²) in [5, 5.41) is 18.8. The lowest BCUT2D eigenvalue weighted by Crippen LogP contribution is -2.03. The van der Waals surface area contributed by atoms with Crippen LogP contribution in [0.15, 0.2) is 35.9 Å². The molecular weight excluding hydrogens is 284 g/mol. The minimum atomic E-state index is 0.172. The van der Waals surface area contributed by atoms with Gasteiger partial charge in [-0.3, -0.25) is 0 Å². The van der Waals surface area contributed by atoms with Gasteiger partial charge in [0.15, 0.2) is 0 Å². The molecular formula is C19H14N4. The van der Waals surface area contributed by atoms with Crippen LogP contribution >= 0.6 is 0 Å². The van der Waals surface area contributed by atoms with Crippen LogP contribution < -0.4 is 5.73 Å². The molecule has 0 saturated heterocycles. The number of rotatable bonds is 1. The number of hydrogen-bond donors (Lipinski definition) is 1. The first kappa shape index (κ1) is 14.6. The summed E-state index contributed by atoms with van der Waals surface area (Å²) < 4.78 is 0. The average molecular weight is 298 g/mol. The van der Waals surface area contributed by atoms with Crippen molar-refractivity contribution < 1.29 is 0 Å². The topological polar surface area (TPSA) is 86.5 Å². The quantitative estimate of drug-likeness (QED) is 0.869. The Labute approximate surface area is 134 Å². The van der Waals surface area contributed by atoms with Gasteiger partial charge in [-0.25, -0.2) is 4.98 Å². The summed E-state index contributed by atoms with van der Waals surface area (Å²) in [4.78, 5) is 4.31. The lowest BCUT2D eigenvalue weighted by Gasteiger charge is -2.10. The smallest absolute Gasteiger partial charge is 0.142 e. The number of nitriles is 2. The van der Waals surface area contributed by atoms with Crippen molar-refractivity contribution in [3.05, 3.63) is 63.9 Å². The van der Waals surface area contributed by atoms with E-state index in [0.717, 1.165) is 27.8 Å². The van der Waals surface area contributed by atoms with Crippen LogP contribution in [-0.4, -0.2) is 4.98 Å². The third-order valence-corrected chi connectivity index (χ3v) is 4.09. The highest BCUT2D eigenvalue weighted by Gasteiger charge is 2.29. The molecule has 110 valence electrons. The van der Waals surface area contributed by atoms with Gasteiger partial charge < -0.3 is 5.73 Å². The Morgan fingerprint density at radius 2 is 1.78 bits per heavy atom. The van der Waals surface area contributed by atoms with Crippen LogP contribution in [0.4, 0.5) is 5.82 Å². The van der Waals surface area contributed by atoms with Crippen molar-refractivity contribution in [1.82, 2.24) is 4.98 Å². The number of pyridine rings is 1. The minimum absolute atomic E-state index is 0.172. The van der Waals surface area contributed by atoms with Crippen molar-refractivity contribution >= 4 is 23.0 Å². The second-order valence-electron chi connectivity index (χ2n) is 5.41. The van der Waals surface area contributed by atoms with Gasteiger partial charge in [0.1, 0.15) is 18.0 Å². The standard InChI is InChI=1S/C19H14N4/c1-11-14(8-13-6-4-3-5-7-13)17-12(2)16(10-21)19(22)23-18(17)15(11)9-20/h3-8H,1-2H3,(H2,22,23)/b14-8-. The molecule has 23 heavy (non-hydrogen) atoms. The second-order valence-corrected chi connectivity index (χ2v) is 5.41. The summed E-state index contributed by atoms with van der Waals surface area (Å²) in [5.41, 5.74) is 11.7. The molecule has 1 heterocycles. The average Bonchev–Trinajstić information content (AvgIpc) is 2.80. The van der Waals surface area contributed by atoms with Crippen LogP contribution in [0.1, 0.15) is 34.9 Å². The second kappa shape index (κ2) is 5.44. The highest BCUT2D eigenvalue weighted by Crippen LogP contribution is 2.44. The molecule has 2 aromatic rings. The van der Waals surface area contributed by atoms with Crippen LogP contribution in [0.5, 0.6) is 0 Å². The van der Waals surface area contributed by atoms with E-state index >= 15 is 0 Å². The normalized spacial score (nSPS) is 14.5. The van der Waals surface area contributed by atoms with Crippen LogP contribution in [0.2, 0.25) is 0 Å². The van der Waals surface area contributed by atoms with Gasteiger partial charge in [-0.15, -0.1) is 0 Å². The van der Waals surface area contributed by atoms with Gasteiger partial charge in [0.05, 0.1) is 16.8 Å². The number of anilines is 1. The van der Waals surface area contributed by atoms with Crippen molar-refractivity contribution in [2.75, 3.05) is 5.73 Å². The molecule has 1 aromatic heterocycles. The maximum atomic E-state index is 9.49. The lowest BCUT2D eigenvalue weighted by molar-refractivity contribution is 1.22. The van der Waals surface area contributed by atoms with E-state index in [0.29, 0.717) is 16.8 Å². The molecule has 0 aliphatic heterocycles. The molecule has 4 nitrogen and oxygen atoms in total. The Kier molecular flexibility index (Phi) is 3.44. The largest absolute Gasteiger partial charge is 0.383 e. The van der Waals surface area contributed by atoms with E-state index in [1.165, 1.54) is 0 Å². The first-order chi connectivity index (χ1) is 11.1. The van der Waals surface area contributed by atoms with Crippen LogP contribution in [0.3, 0.4) is 0 Å².